The molecular weight excluding hydrogens is 393 g/mol. The Morgan fingerprint density at radius 2 is 2.23 bits per heavy atom. The number of nitrogens with one attached hydrogen (secondary N) is 1. The van der Waals surface area contributed by atoms with E-state index in [0.717, 1.165) is 5.56 Å². The van der Waals surface area contributed by atoms with Crippen LogP contribution in [-0.4, -0.2) is 27.4 Å². The van der Waals surface area contributed by atoms with E-state index in [1.165, 1.54) is 32.7 Å². The van der Waals surface area contributed by atoms with Gasteiger partial charge in [-0.25, -0.2) is 14.0 Å². The second-order valence-corrected chi connectivity index (χ2v) is 7.34. The number of pyridine rings is 1. The highest BCUT2D eigenvalue weighted by Gasteiger charge is 2.32. The van der Waals surface area contributed by atoms with Crippen LogP contribution in [0, 0.1) is 6.92 Å². The lowest BCUT2D eigenvalue weighted by Gasteiger charge is -2.15. The minimum atomic E-state index is -4.52. The summed E-state index contributed by atoms with van der Waals surface area (Å²) in [5.41, 5.74) is 1.02. The number of aryl methyl sites for hydroxylation is 1. The SMILES string of the molecule is Cc1ccc[n+]2c([O-])c(C(O)NCC(F)(F)F)n(Cc3cnc(Cl)s3)c12. The summed E-state index contributed by atoms with van der Waals surface area (Å²) in [4.78, 5) is 4.62. The summed E-state index contributed by atoms with van der Waals surface area (Å²) in [5, 5.41) is 24.9. The molecule has 6 nitrogen and oxygen atoms in total. The van der Waals surface area contributed by atoms with Crippen molar-refractivity contribution in [2.75, 3.05) is 6.54 Å². The van der Waals surface area contributed by atoms with Gasteiger partial charge in [0.05, 0.1) is 17.6 Å². The molecule has 3 rings (SSSR count). The molecule has 3 aromatic rings. The van der Waals surface area contributed by atoms with Gasteiger partial charge in [-0.3, -0.25) is 5.32 Å². The molecule has 140 valence electrons. The Morgan fingerprint density at radius 3 is 2.85 bits per heavy atom. The van der Waals surface area contributed by atoms with E-state index in [9.17, 15) is 23.4 Å². The Labute approximate surface area is 155 Å². The van der Waals surface area contributed by atoms with Crippen molar-refractivity contribution >= 4 is 28.6 Å². The topological polar surface area (TPSA) is 77.2 Å². The summed E-state index contributed by atoms with van der Waals surface area (Å²) < 4.78 is 40.5. The fourth-order valence-corrected chi connectivity index (χ4v) is 3.68. The first-order valence-electron chi connectivity index (χ1n) is 7.46. The molecular formula is C15H14ClF3N4O2S. The van der Waals surface area contributed by atoms with E-state index < -0.39 is 24.8 Å². The van der Waals surface area contributed by atoms with Crippen LogP contribution in [0.2, 0.25) is 4.47 Å². The van der Waals surface area contributed by atoms with Crippen LogP contribution in [0.5, 0.6) is 5.88 Å². The number of alkyl halides is 3. The Kier molecular flexibility index (Phi) is 5.11. The molecule has 0 saturated heterocycles. The van der Waals surface area contributed by atoms with Crippen LogP contribution in [-0.2, 0) is 6.54 Å². The number of nitrogens with zero attached hydrogens (tertiary/aromatic N) is 3. The van der Waals surface area contributed by atoms with Crippen LogP contribution in [0.25, 0.3) is 5.65 Å². The van der Waals surface area contributed by atoms with Crippen molar-refractivity contribution in [2.45, 2.75) is 25.9 Å². The van der Waals surface area contributed by atoms with Gasteiger partial charge in [0, 0.05) is 11.8 Å². The molecule has 0 aliphatic carbocycles. The van der Waals surface area contributed by atoms with E-state index in [2.05, 4.69) is 4.98 Å². The quantitative estimate of drug-likeness (QED) is 0.501. The number of fused-ring (bicyclic) bond motifs is 1. The van der Waals surface area contributed by atoms with Crippen LogP contribution in [0.4, 0.5) is 13.2 Å². The van der Waals surface area contributed by atoms with Crippen molar-refractivity contribution in [2.24, 2.45) is 0 Å². The van der Waals surface area contributed by atoms with Crippen LogP contribution in [0.1, 0.15) is 22.4 Å². The van der Waals surface area contributed by atoms with Crippen LogP contribution < -0.4 is 14.8 Å². The fourth-order valence-electron chi connectivity index (χ4n) is 2.71. The first kappa shape index (κ1) is 18.9. The first-order chi connectivity index (χ1) is 12.2. The molecule has 3 aromatic heterocycles. The van der Waals surface area contributed by atoms with Crippen LogP contribution >= 0.6 is 22.9 Å². The summed E-state index contributed by atoms with van der Waals surface area (Å²) in [6.45, 7) is 0.483. The summed E-state index contributed by atoms with van der Waals surface area (Å²) in [7, 11) is 0. The van der Waals surface area contributed by atoms with Gasteiger partial charge in [-0.05, 0) is 19.1 Å². The Morgan fingerprint density at radius 1 is 1.50 bits per heavy atom. The van der Waals surface area contributed by atoms with Gasteiger partial charge in [0.2, 0.25) is 0 Å². The average Bonchev–Trinajstić information content (AvgIpc) is 3.08. The van der Waals surface area contributed by atoms with Crippen molar-refractivity contribution in [3.63, 3.8) is 0 Å². The third kappa shape index (κ3) is 3.78. The maximum Gasteiger partial charge on any atom is 0.401 e. The molecule has 26 heavy (non-hydrogen) atoms. The number of rotatable bonds is 5. The fraction of sp³-hybridized carbons (Fsp3) is 0.333. The van der Waals surface area contributed by atoms with Gasteiger partial charge in [-0.2, -0.15) is 13.2 Å². The van der Waals surface area contributed by atoms with E-state index in [1.807, 2.05) is 5.32 Å². The predicted molar refractivity (Wildman–Crippen MR) is 87.0 cm³/mol. The van der Waals surface area contributed by atoms with E-state index in [-0.39, 0.29) is 12.2 Å². The molecule has 0 radical (unpaired) electrons. The lowest BCUT2D eigenvalue weighted by atomic mass is 10.3. The molecule has 0 aromatic carbocycles. The second kappa shape index (κ2) is 7.03. The van der Waals surface area contributed by atoms with Gasteiger partial charge in [0.25, 0.3) is 5.65 Å². The zero-order chi connectivity index (χ0) is 19.1. The molecule has 0 saturated carbocycles. The number of aromatic nitrogens is 3. The molecule has 3 heterocycles. The van der Waals surface area contributed by atoms with Gasteiger partial charge in [0.1, 0.15) is 12.4 Å². The zero-order valence-corrected chi connectivity index (χ0v) is 15.0. The van der Waals surface area contributed by atoms with Gasteiger partial charge in [-0.1, -0.05) is 11.6 Å². The highest BCUT2D eigenvalue weighted by Crippen LogP contribution is 2.27. The predicted octanol–water partition coefficient (Wildman–Crippen LogP) is 1.91. The normalized spacial score (nSPS) is 13.5. The lowest BCUT2D eigenvalue weighted by Crippen LogP contribution is -2.33. The van der Waals surface area contributed by atoms with E-state index in [1.54, 1.807) is 19.1 Å². The summed E-state index contributed by atoms with van der Waals surface area (Å²) >= 11 is 7.01. The maximum atomic E-state index is 12.7. The molecule has 0 spiro atoms. The molecule has 2 N–H and O–H groups in total. The molecule has 0 aliphatic heterocycles. The highest BCUT2D eigenvalue weighted by molar-refractivity contribution is 7.15. The number of hydrogen-bond donors (Lipinski definition) is 2. The smallest absolute Gasteiger partial charge is 0.401 e. The Balaban J connectivity index is 2.09. The van der Waals surface area contributed by atoms with Crippen LogP contribution in [0.15, 0.2) is 24.5 Å². The molecule has 0 fully saturated rings. The van der Waals surface area contributed by atoms with Crippen molar-refractivity contribution in [3.8, 4) is 5.88 Å². The third-order valence-electron chi connectivity index (χ3n) is 3.74. The largest absolute Gasteiger partial charge is 0.839 e. The number of hydrogen-bond acceptors (Lipinski definition) is 5. The monoisotopic (exact) mass is 406 g/mol. The zero-order valence-electron chi connectivity index (χ0n) is 13.4. The number of thiazole rings is 1. The Bertz CT molecular complexity index is 941. The van der Waals surface area contributed by atoms with Crippen LogP contribution in [0.3, 0.4) is 0 Å². The minimum absolute atomic E-state index is 0.140. The van der Waals surface area contributed by atoms with Gasteiger partial charge in [0.15, 0.2) is 16.4 Å². The number of imidazole rings is 1. The minimum Gasteiger partial charge on any atom is -0.839 e. The summed E-state index contributed by atoms with van der Waals surface area (Å²) in [6, 6.07) is 3.42. The second-order valence-electron chi connectivity index (χ2n) is 5.64. The van der Waals surface area contributed by atoms with Gasteiger partial charge < -0.3 is 10.2 Å². The average molecular weight is 407 g/mol. The lowest BCUT2D eigenvalue weighted by molar-refractivity contribution is -0.583. The molecule has 1 atom stereocenters. The first-order valence-corrected chi connectivity index (χ1v) is 8.65. The van der Waals surface area contributed by atoms with E-state index in [0.29, 0.717) is 15.0 Å². The molecule has 11 heteroatoms. The number of aliphatic hydroxyl groups is 1. The molecule has 0 aliphatic rings. The standard InChI is InChI=1S/C15H14ClF3N4O2S/c1-8-3-2-4-22-12(8)23(6-9-5-20-14(16)26-9)10(13(22)25)11(24)21-7-15(17,18)19/h2-5,11,21,24H,6-7H2,1H3. The summed E-state index contributed by atoms with van der Waals surface area (Å²) in [5.74, 6) is -0.596. The number of halogens is 4. The van der Waals surface area contributed by atoms with E-state index >= 15 is 0 Å². The molecule has 1 unspecified atom stereocenters. The van der Waals surface area contributed by atoms with Gasteiger partial charge in [-0.15, -0.1) is 11.3 Å². The van der Waals surface area contributed by atoms with Crippen molar-refractivity contribution < 1.29 is 27.8 Å². The maximum absolute atomic E-state index is 12.7. The third-order valence-corrected chi connectivity index (χ3v) is 4.84. The Hall–Kier alpha value is -1.88. The van der Waals surface area contributed by atoms with E-state index in [4.69, 9.17) is 11.6 Å². The van der Waals surface area contributed by atoms with Crippen molar-refractivity contribution in [1.82, 2.24) is 14.9 Å². The number of aliphatic hydroxyl groups excluding tert-OH is 1. The highest BCUT2D eigenvalue weighted by atomic mass is 35.5. The molecule has 0 amide bonds. The summed E-state index contributed by atoms with van der Waals surface area (Å²) in [6.07, 6.45) is -3.28. The van der Waals surface area contributed by atoms with Crippen molar-refractivity contribution in [3.05, 3.63) is 45.1 Å². The van der Waals surface area contributed by atoms with Crippen molar-refractivity contribution in [1.29, 1.82) is 0 Å². The molecule has 0 bridgehead atoms. The van der Waals surface area contributed by atoms with Gasteiger partial charge >= 0.3 is 6.18 Å².